The lowest BCUT2D eigenvalue weighted by molar-refractivity contribution is -0.111. The summed E-state index contributed by atoms with van der Waals surface area (Å²) in [6, 6.07) is 0. The molecular formula is C18H33BO. The summed E-state index contributed by atoms with van der Waals surface area (Å²) in [5.74, 6) is 0. The average Bonchev–Trinajstić information content (AvgIpc) is 2.43. The van der Waals surface area contributed by atoms with Crippen LogP contribution in [0.3, 0.4) is 0 Å². The minimum atomic E-state index is 0.329. The molecule has 0 amide bonds. The summed E-state index contributed by atoms with van der Waals surface area (Å²) in [6.07, 6.45) is 23.6. The maximum atomic E-state index is 10.8. The normalized spacial score (nSPS) is 11.7. The summed E-state index contributed by atoms with van der Waals surface area (Å²) in [7, 11) is 1.68. The molecule has 0 rings (SSSR count). The third kappa shape index (κ3) is 17.2. The zero-order valence-electron chi connectivity index (χ0n) is 13.7. The summed E-state index contributed by atoms with van der Waals surface area (Å²) in [5.41, 5.74) is 0.329. The van der Waals surface area contributed by atoms with Crippen molar-refractivity contribution in [3.8, 4) is 0 Å². The number of rotatable bonds is 14. The fraction of sp³-hybridized carbons (Fsp3) is 0.722. The minimum absolute atomic E-state index is 0.329. The topological polar surface area (TPSA) is 17.1 Å². The smallest absolute Gasteiger partial charge is 0.187 e. The van der Waals surface area contributed by atoms with Crippen molar-refractivity contribution >= 4 is 13.5 Å². The summed E-state index contributed by atoms with van der Waals surface area (Å²) >= 11 is 0. The van der Waals surface area contributed by atoms with Crippen LogP contribution in [0.4, 0.5) is 0 Å². The Morgan fingerprint density at radius 2 is 1.35 bits per heavy atom. The molecular weight excluding hydrogens is 243 g/mol. The number of unbranched alkanes of at least 4 members (excludes halogenated alkanes) is 8. The van der Waals surface area contributed by atoms with Gasteiger partial charge in [-0.05, 0) is 44.9 Å². The molecule has 1 nitrogen and oxygen atoms in total. The second-order valence-electron chi connectivity index (χ2n) is 5.68. The Labute approximate surface area is 127 Å². The van der Waals surface area contributed by atoms with Crippen LogP contribution < -0.4 is 0 Å². The molecule has 2 heteroatoms. The summed E-state index contributed by atoms with van der Waals surface area (Å²) in [6.45, 7) is 2.25. The standard InChI is InChI=1S/C18H33BO/c1-2-3-4-5-6-7-8-9-10-11-12-13-14-15-16-17-18(19)20/h6-7,9-10H,2-5,8,11-17,19H2,1H3/b7-6-,10-9-. The second kappa shape index (κ2) is 16.3. The zero-order valence-corrected chi connectivity index (χ0v) is 13.7. The lowest BCUT2D eigenvalue weighted by Crippen LogP contribution is -1.94. The van der Waals surface area contributed by atoms with Crippen LogP contribution >= 0.6 is 0 Å². The predicted molar refractivity (Wildman–Crippen MR) is 92.9 cm³/mol. The van der Waals surface area contributed by atoms with Crippen molar-refractivity contribution in [2.75, 3.05) is 0 Å². The monoisotopic (exact) mass is 276 g/mol. The molecule has 0 aromatic carbocycles. The van der Waals surface area contributed by atoms with Crippen LogP contribution in [0.5, 0.6) is 0 Å². The van der Waals surface area contributed by atoms with Crippen LogP contribution in [0.2, 0.25) is 0 Å². The van der Waals surface area contributed by atoms with E-state index in [9.17, 15) is 4.79 Å². The van der Waals surface area contributed by atoms with Crippen molar-refractivity contribution in [1.82, 2.24) is 0 Å². The molecule has 0 aliphatic carbocycles. The van der Waals surface area contributed by atoms with Crippen molar-refractivity contribution in [3.63, 3.8) is 0 Å². The SMILES string of the molecule is BC(=O)CCCCCCC/C=C\C/C=C\CCCCC. The summed E-state index contributed by atoms with van der Waals surface area (Å²) in [4.78, 5) is 10.8. The number of allylic oxidation sites excluding steroid dienone is 4. The van der Waals surface area contributed by atoms with Gasteiger partial charge in [0, 0.05) is 0 Å². The van der Waals surface area contributed by atoms with Gasteiger partial charge in [0.05, 0.1) is 5.68 Å². The maximum absolute atomic E-state index is 10.8. The van der Waals surface area contributed by atoms with E-state index in [1.807, 2.05) is 0 Å². The van der Waals surface area contributed by atoms with E-state index in [1.54, 1.807) is 7.85 Å². The first kappa shape index (κ1) is 19.2. The van der Waals surface area contributed by atoms with Crippen LogP contribution in [-0.4, -0.2) is 13.5 Å². The average molecular weight is 276 g/mol. The van der Waals surface area contributed by atoms with Gasteiger partial charge in [0.1, 0.15) is 0 Å². The Morgan fingerprint density at radius 1 is 0.800 bits per heavy atom. The highest BCUT2D eigenvalue weighted by Gasteiger charge is 1.93. The third-order valence-corrected chi connectivity index (χ3v) is 3.48. The molecule has 114 valence electrons. The largest absolute Gasteiger partial charge is 0.312 e. The third-order valence-electron chi connectivity index (χ3n) is 3.48. The maximum Gasteiger partial charge on any atom is 0.187 e. The van der Waals surface area contributed by atoms with Crippen molar-refractivity contribution in [1.29, 1.82) is 0 Å². The van der Waals surface area contributed by atoms with E-state index >= 15 is 0 Å². The molecule has 0 atom stereocenters. The van der Waals surface area contributed by atoms with Crippen LogP contribution in [0.1, 0.15) is 84.0 Å². The van der Waals surface area contributed by atoms with E-state index in [-0.39, 0.29) is 0 Å². The Balaban J connectivity index is 3.17. The van der Waals surface area contributed by atoms with Gasteiger partial charge in [-0.2, -0.15) is 0 Å². The van der Waals surface area contributed by atoms with Crippen molar-refractivity contribution < 1.29 is 4.79 Å². The van der Waals surface area contributed by atoms with E-state index in [2.05, 4.69) is 31.2 Å². The van der Waals surface area contributed by atoms with Gasteiger partial charge in [0.25, 0.3) is 0 Å². The van der Waals surface area contributed by atoms with Crippen LogP contribution in [0.15, 0.2) is 24.3 Å². The molecule has 0 aliphatic rings. The number of hydrogen-bond donors (Lipinski definition) is 0. The number of carbonyl (C=O) groups excluding carboxylic acids is 1. The fourth-order valence-electron chi connectivity index (χ4n) is 2.19. The molecule has 0 heterocycles. The van der Waals surface area contributed by atoms with Crippen LogP contribution in [0.25, 0.3) is 0 Å². The van der Waals surface area contributed by atoms with Crippen LogP contribution in [-0.2, 0) is 4.79 Å². The van der Waals surface area contributed by atoms with Gasteiger partial charge in [0.15, 0.2) is 7.85 Å². The quantitative estimate of drug-likeness (QED) is 0.249. The van der Waals surface area contributed by atoms with E-state index in [1.165, 1.54) is 57.8 Å². The lowest BCUT2D eigenvalue weighted by atomic mass is 9.96. The predicted octanol–water partition coefficient (Wildman–Crippen LogP) is 4.96. The Morgan fingerprint density at radius 3 is 1.95 bits per heavy atom. The molecule has 0 saturated heterocycles. The zero-order chi connectivity index (χ0) is 14.9. The number of carbonyl (C=O) groups is 1. The Kier molecular flexibility index (Phi) is 15.6. The first-order chi connectivity index (χ1) is 9.77. The first-order valence-corrected chi connectivity index (χ1v) is 8.56. The highest BCUT2D eigenvalue weighted by molar-refractivity contribution is 6.57. The second-order valence-corrected chi connectivity index (χ2v) is 5.68. The van der Waals surface area contributed by atoms with Crippen molar-refractivity contribution in [2.24, 2.45) is 0 Å². The van der Waals surface area contributed by atoms with Gasteiger partial charge >= 0.3 is 0 Å². The van der Waals surface area contributed by atoms with E-state index in [0.29, 0.717) is 5.68 Å². The minimum Gasteiger partial charge on any atom is -0.312 e. The van der Waals surface area contributed by atoms with Crippen molar-refractivity contribution in [3.05, 3.63) is 24.3 Å². The van der Waals surface area contributed by atoms with E-state index < -0.39 is 0 Å². The molecule has 20 heavy (non-hydrogen) atoms. The molecule has 0 saturated carbocycles. The number of hydrogen-bond acceptors (Lipinski definition) is 1. The van der Waals surface area contributed by atoms with Gasteiger partial charge in [-0.25, -0.2) is 0 Å². The molecule has 0 aromatic heterocycles. The Hall–Kier alpha value is -0.785. The first-order valence-electron chi connectivity index (χ1n) is 8.56. The van der Waals surface area contributed by atoms with Gasteiger partial charge in [-0.3, -0.25) is 0 Å². The van der Waals surface area contributed by atoms with Crippen molar-refractivity contribution in [2.45, 2.75) is 84.0 Å². The van der Waals surface area contributed by atoms with Gasteiger partial charge in [-0.15, -0.1) is 0 Å². The highest BCUT2D eigenvalue weighted by Crippen LogP contribution is 2.08. The molecule has 0 N–H and O–H groups in total. The Bertz CT molecular complexity index is 269. The summed E-state index contributed by atoms with van der Waals surface area (Å²) in [5, 5.41) is 0. The van der Waals surface area contributed by atoms with E-state index in [0.717, 1.165) is 19.3 Å². The molecule has 0 radical (unpaired) electrons. The van der Waals surface area contributed by atoms with Gasteiger partial charge < -0.3 is 4.79 Å². The molecule has 0 aromatic rings. The van der Waals surface area contributed by atoms with Gasteiger partial charge in [0.2, 0.25) is 0 Å². The van der Waals surface area contributed by atoms with Crippen LogP contribution in [0, 0.1) is 0 Å². The fourth-order valence-corrected chi connectivity index (χ4v) is 2.19. The lowest BCUT2D eigenvalue weighted by Gasteiger charge is -1.98. The highest BCUT2D eigenvalue weighted by atomic mass is 16.1. The molecule has 0 fully saturated rings. The molecule has 0 aliphatic heterocycles. The molecule has 0 bridgehead atoms. The van der Waals surface area contributed by atoms with Gasteiger partial charge in [-0.1, -0.05) is 63.3 Å². The summed E-state index contributed by atoms with van der Waals surface area (Å²) < 4.78 is 0. The molecule has 0 unspecified atom stereocenters. The van der Waals surface area contributed by atoms with E-state index in [4.69, 9.17) is 0 Å². The molecule has 0 spiro atoms.